The van der Waals surface area contributed by atoms with Crippen molar-refractivity contribution in [2.75, 3.05) is 12.4 Å². The van der Waals surface area contributed by atoms with Crippen LogP contribution in [0.1, 0.15) is 23.7 Å². The molecule has 21 heavy (non-hydrogen) atoms. The van der Waals surface area contributed by atoms with Crippen LogP contribution in [0.4, 0.5) is 5.69 Å². The van der Waals surface area contributed by atoms with Gasteiger partial charge in [0.2, 0.25) is 0 Å². The number of pyridine rings is 1. The smallest absolute Gasteiger partial charge is 0.124 e. The van der Waals surface area contributed by atoms with Crippen LogP contribution in [-0.4, -0.2) is 18.2 Å². The summed E-state index contributed by atoms with van der Waals surface area (Å²) in [6.07, 6.45) is 3.03. The van der Waals surface area contributed by atoms with Crippen molar-refractivity contribution in [1.82, 2.24) is 4.98 Å². The van der Waals surface area contributed by atoms with Gasteiger partial charge in [-0.2, -0.15) is 0 Å². The Bertz CT molecular complexity index is 638. The van der Waals surface area contributed by atoms with Crippen LogP contribution in [0, 0.1) is 6.92 Å². The van der Waals surface area contributed by atoms with E-state index in [-0.39, 0.29) is 6.10 Å². The van der Waals surface area contributed by atoms with E-state index in [1.807, 2.05) is 25.3 Å². The van der Waals surface area contributed by atoms with E-state index in [0.717, 1.165) is 34.9 Å². The first-order chi connectivity index (χ1) is 10.2. The normalized spacial score (nSPS) is 16.2. The van der Waals surface area contributed by atoms with Gasteiger partial charge in [-0.05, 0) is 38.1 Å². The Kier molecular flexibility index (Phi) is 3.69. The summed E-state index contributed by atoms with van der Waals surface area (Å²) in [5.41, 5.74) is 4.32. The minimum atomic E-state index is 0.245. The van der Waals surface area contributed by atoms with Gasteiger partial charge in [0.05, 0.1) is 19.0 Å². The van der Waals surface area contributed by atoms with E-state index in [0.29, 0.717) is 6.54 Å². The highest BCUT2D eigenvalue weighted by atomic mass is 16.5. The summed E-state index contributed by atoms with van der Waals surface area (Å²) in [5.74, 6) is 1.88. The first kappa shape index (κ1) is 13.7. The van der Waals surface area contributed by atoms with Crippen molar-refractivity contribution in [3.63, 3.8) is 0 Å². The molecule has 0 aliphatic carbocycles. The number of aromatic nitrogens is 1. The van der Waals surface area contributed by atoms with Crippen LogP contribution >= 0.6 is 0 Å². The maximum absolute atomic E-state index is 5.82. The molecular formula is C17H20N2O2. The lowest BCUT2D eigenvalue weighted by atomic mass is 10.1. The first-order valence-corrected chi connectivity index (χ1v) is 7.18. The Balaban J connectivity index is 1.78. The van der Waals surface area contributed by atoms with E-state index in [4.69, 9.17) is 9.47 Å². The van der Waals surface area contributed by atoms with Gasteiger partial charge in [-0.1, -0.05) is 0 Å². The molecule has 1 unspecified atom stereocenters. The molecule has 1 aromatic heterocycles. The molecule has 4 heteroatoms. The van der Waals surface area contributed by atoms with Crippen LogP contribution < -0.4 is 14.8 Å². The quantitative estimate of drug-likeness (QED) is 0.935. The summed E-state index contributed by atoms with van der Waals surface area (Å²) in [4.78, 5) is 4.28. The highest BCUT2D eigenvalue weighted by molar-refractivity contribution is 5.50. The standard InChI is InChI=1S/C17H20N2O2/c1-11-4-5-15(10-18-11)19-9-14-8-17-13(6-12(2)21-17)7-16(14)20-3/h4-5,7-8,10,12,19H,6,9H2,1-3H3. The fraction of sp³-hybridized carbons (Fsp3) is 0.353. The minimum Gasteiger partial charge on any atom is -0.496 e. The number of aryl methyl sites for hydroxylation is 1. The van der Waals surface area contributed by atoms with Crippen molar-refractivity contribution in [1.29, 1.82) is 0 Å². The van der Waals surface area contributed by atoms with Crippen molar-refractivity contribution in [3.8, 4) is 11.5 Å². The predicted molar refractivity (Wildman–Crippen MR) is 83.1 cm³/mol. The van der Waals surface area contributed by atoms with Gasteiger partial charge in [0, 0.05) is 29.8 Å². The van der Waals surface area contributed by atoms with E-state index < -0.39 is 0 Å². The number of nitrogens with zero attached hydrogens (tertiary/aromatic N) is 1. The maximum Gasteiger partial charge on any atom is 0.124 e. The lowest BCUT2D eigenvalue weighted by Gasteiger charge is -2.12. The molecule has 1 aliphatic rings. The van der Waals surface area contributed by atoms with Crippen molar-refractivity contribution >= 4 is 5.69 Å². The number of ether oxygens (including phenoxy) is 2. The van der Waals surface area contributed by atoms with Crippen LogP contribution in [0.2, 0.25) is 0 Å². The van der Waals surface area contributed by atoms with Crippen molar-refractivity contribution < 1.29 is 9.47 Å². The third-order valence-corrected chi connectivity index (χ3v) is 3.69. The second kappa shape index (κ2) is 5.64. The van der Waals surface area contributed by atoms with Crippen LogP contribution in [-0.2, 0) is 13.0 Å². The van der Waals surface area contributed by atoms with Crippen LogP contribution in [0.3, 0.4) is 0 Å². The van der Waals surface area contributed by atoms with Gasteiger partial charge in [-0.15, -0.1) is 0 Å². The number of hydrogen-bond donors (Lipinski definition) is 1. The SMILES string of the molecule is COc1cc2c(cc1CNc1ccc(C)nc1)OC(C)C2. The molecule has 0 spiro atoms. The molecular weight excluding hydrogens is 264 g/mol. The van der Waals surface area contributed by atoms with Gasteiger partial charge in [-0.3, -0.25) is 4.98 Å². The molecule has 2 heterocycles. The Labute approximate surface area is 125 Å². The molecule has 3 rings (SSSR count). The van der Waals surface area contributed by atoms with Gasteiger partial charge < -0.3 is 14.8 Å². The lowest BCUT2D eigenvalue weighted by molar-refractivity contribution is 0.254. The van der Waals surface area contributed by atoms with E-state index in [1.54, 1.807) is 7.11 Å². The topological polar surface area (TPSA) is 43.4 Å². The summed E-state index contributed by atoms with van der Waals surface area (Å²) in [7, 11) is 1.71. The van der Waals surface area contributed by atoms with Crippen molar-refractivity contribution in [3.05, 3.63) is 47.3 Å². The molecule has 0 fully saturated rings. The van der Waals surface area contributed by atoms with E-state index >= 15 is 0 Å². The summed E-state index contributed by atoms with van der Waals surface area (Å²) in [5, 5.41) is 3.37. The number of fused-ring (bicyclic) bond motifs is 1. The van der Waals surface area contributed by atoms with E-state index in [9.17, 15) is 0 Å². The molecule has 0 amide bonds. The fourth-order valence-electron chi connectivity index (χ4n) is 2.58. The second-order valence-electron chi connectivity index (χ2n) is 5.45. The average Bonchev–Trinajstić information content (AvgIpc) is 2.84. The number of rotatable bonds is 4. The summed E-state index contributed by atoms with van der Waals surface area (Å²) < 4.78 is 11.3. The Morgan fingerprint density at radius 3 is 2.95 bits per heavy atom. The average molecular weight is 284 g/mol. The van der Waals surface area contributed by atoms with Gasteiger partial charge in [0.15, 0.2) is 0 Å². The Hall–Kier alpha value is -2.23. The van der Waals surface area contributed by atoms with Gasteiger partial charge in [-0.25, -0.2) is 0 Å². The lowest BCUT2D eigenvalue weighted by Crippen LogP contribution is -2.05. The maximum atomic E-state index is 5.82. The van der Waals surface area contributed by atoms with Gasteiger partial charge in [0.1, 0.15) is 17.6 Å². The summed E-state index contributed by atoms with van der Waals surface area (Å²) >= 11 is 0. The molecule has 0 saturated carbocycles. The highest BCUT2D eigenvalue weighted by Crippen LogP contribution is 2.35. The zero-order chi connectivity index (χ0) is 14.8. The third-order valence-electron chi connectivity index (χ3n) is 3.69. The minimum absolute atomic E-state index is 0.245. The molecule has 1 aliphatic heterocycles. The van der Waals surface area contributed by atoms with Crippen molar-refractivity contribution in [2.24, 2.45) is 0 Å². The second-order valence-corrected chi connectivity index (χ2v) is 5.45. The Morgan fingerprint density at radius 1 is 1.38 bits per heavy atom. The van der Waals surface area contributed by atoms with Crippen LogP contribution in [0.5, 0.6) is 11.5 Å². The molecule has 0 radical (unpaired) electrons. The molecule has 4 nitrogen and oxygen atoms in total. The molecule has 1 atom stereocenters. The number of hydrogen-bond acceptors (Lipinski definition) is 4. The number of nitrogens with one attached hydrogen (secondary N) is 1. The Morgan fingerprint density at radius 2 is 2.24 bits per heavy atom. The number of anilines is 1. The molecule has 110 valence electrons. The van der Waals surface area contributed by atoms with Gasteiger partial charge >= 0.3 is 0 Å². The third kappa shape index (κ3) is 2.94. The molecule has 0 saturated heterocycles. The number of benzene rings is 1. The number of methoxy groups -OCH3 is 1. The van der Waals surface area contributed by atoms with E-state index in [1.165, 1.54) is 5.56 Å². The van der Waals surface area contributed by atoms with Crippen molar-refractivity contribution in [2.45, 2.75) is 32.9 Å². The molecule has 2 aromatic rings. The highest BCUT2D eigenvalue weighted by Gasteiger charge is 2.21. The predicted octanol–water partition coefficient (Wildman–Crippen LogP) is 3.33. The van der Waals surface area contributed by atoms with E-state index in [2.05, 4.69) is 29.4 Å². The monoisotopic (exact) mass is 284 g/mol. The summed E-state index contributed by atoms with van der Waals surface area (Å²) in [6.45, 7) is 4.74. The summed E-state index contributed by atoms with van der Waals surface area (Å²) in [6, 6.07) is 8.18. The molecule has 1 N–H and O–H groups in total. The van der Waals surface area contributed by atoms with Crippen LogP contribution in [0.15, 0.2) is 30.5 Å². The largest absolute Gasteiger partial charge is 0.496 e. The molecule has 1 aromatic carbocycles. The van der Waals surface area contributed by atoms with Gasteiger partial charge in [0.25, 0.3) is 0 Å². The molecule has 0 bridgehead atoms. The first-order valence-electron chi connectivity index (χ1n) is 7.18. The van der Waals surface area contributed by atoms with Crippen LogP contribution in [0.25, 0.3) is 0 Å². The zero-order valence-electron chi connectivity index (χ0n) is 12.6. The zero-order valence-corrected chi connectivity index (χ0v) is 12.6. The fourth-order valence-corrected chi connectivity index (χ4v) is 2.58.